The molecule has 0 bridgehead atoms. The molecule has 4 aromatic carbocycles. The van der Waals surface area contributed by atoms with E-state index in [1.807, 2.05) is 49.3 Å². The van der Waals surface area contributed by atoms with Crippen LogP contribution in [0.4, 0.5) is 41.7 Å². The minimum atomic E-state index is -4.77. The number of amides is 4. The average molecular weight is 925 g/mol. The van der Waals surface area contributed by atoms with Crippen molar-refractivity contribution in [1.82, 2.24) is 9.99 Å². The Morgan fingerprint density at radius 2 is 1.52 bits per heavy atom. The lowest BCUT2D eigenvalue weighted by molar-refractivity contribution is -0.139. The first-order chi connectivity index (χ1) is 31.0. The van der Waals surface area contributed by atoms with Gasteiger partial charge in [0.2, 0.25) is 11.8 Å². The highest BCUT2D eigenvalue weighted by Gasteiger charge is 2.70. The second-order valence-corrected chi connectivity index (χ2v) is 17.3. The molecule has 332 valence electrons. The summed E-state index contributed by atoms with van der Waals surface area (Å²) in [5.74, 6) is -7.86. The predicted molar refractivity (Wildman–Crippen MR) is 235 cm³/mol. The molecule has 3 heterocycles. The molecule has 0 radical (unpaired) electrons. The maximum absolute atomic E-state index is 15.4. The number of halogens is 5. The lowest BCUT2D eigenvalue weighted by Gasteiger charge is -2.50. The van der Waals surface area contributed by atoms with Gasteiger partial charge >= 0.3 is 6.18 Å². The Hall–Kier alpha value is -6.78. The normalized spacial score (nSPS) is 23.9. The van der Waals surface area contributed by atoms with Gasteiger partial charge in [-0.05, 0) is 109 Å². The first-order valence-corrected chi connectivity index (χ1v) is 21.2. The number of aromatic nitrogens is 1. The van der Waals surface area contributed by atoms with Crippen LogP contribution < -0.4 is 20.0 Å². The van der Waals surface area contributed by atoms with E-state index in [0.29, 0.717) is 56.1 Å². The smallest absolute Gasteiger partial charge is 0.417 e. The molecule has 2 aliphatic heterocycles. The highest BCUT2D eigenvalue weighted by molar-refractivity contribution is 6.33. The van der Waals surface area contributed by atoms with E-state index < -0.39 is 75.4 Å². The fraction of sp³-hybridized carbons (Fsp3) is 0.255. The highest BCUT2D eigenvalue weighted by Crippen LogP contribution is 2.64. The summed E-state index contributed by atoms with van der Waals surface area (Å²) in [7, 11) is 5.24. The number of aromatic hydroxyl groups is 1. The zero-order valence-corrected chi connectivity index (χ0v) is 36.3. The van der Waals surface area contributed by atoms with Crippen LogP contribution in [-0.2, 0) is 30.8 Å². The molecule has 13 nitrogen and oxygen atoms in total. The number of nitrogens with one attached hydrogen (secondary N) is 1. The number of hydrogen-bond donors (Lipinski definition) is 2. The Labute approximate surface area is 380 Å². The van der Waals surface area contributed by atoms with Crippen LogP contribution in [0.5, 0.6) is 11.5 Å². The number of rotatable bonds is 9. The number of azo groups is 1. The van der Waals surface area contributed by atoms with Crippen molar-refractivity contribution in [3.63, 3.8) is 0 Å². The molecule has 5 aromatic rings. The number of alkyl halides is 3. The molecular weight excluding hydrogens is 886 g/mol. The number of carbonyl (C=O) groups excluding carboxylic acids is 4. The molecule has 4 aliphatic rings. The van der Waals surface area contributed by atoms with Gasteiger partial charge in [-0.2, -0.15) is 28.4 Å². The van der Waals surface area contributed by atoms with E-state index in [4.69, 9.17) is 27.9 Å². The Morgan fingerprint density at radius 3 is 2.12 bits per heavy atom. The van der Waals surface area contributed by atoms with Crippen molar-refractivity contribution < 1.29 is 42.2 Å². The molecule has 1 aromatic heterocycles. The van der Waals surface area contributed by atoms with Crippen molar-refractivity contribution >= 4 is 75.4 Å². The van der Waals surface area contributed by atoms with Crippen molar-refractivity contribution in [1.29, 1.82) is 0 Å². The lowest BCUT2D eigenvalue weighted by atomic mass is 9.49. The molecule has 65 heavy (non-hydrogen) atoms. The first-order valence-electron chi connectivity index (χ1n) is 20.4. The van der Waals surface area contributed by atoms with E-state index in [2.05, 4.69) is 20.6 Å². The first kappa shape index (κ1) is 43.5. The number of ether oxygens (including phenoxy) is 1. The van der Waals surface area contributed by atoms with E-state index >= 15 is 4.79 Å². The molecule has 4 amide bonds. The number of carbonyl (C=O) groups is 4. The lowest BCUT2D eigenvalue weighted by Crippen LogP contribution is -2.53. The molecule has 3 fully saturated rings. The topological polar surface area (TPSA) is 157 Å². The third kappa shape index (κ3) is 7.24. The van der Waals surface area contributed by atoms with Gasteiger partial charge in [-0.25, -0.2) is 4.98 Å². The molecule has 0 unspecified atom stereocenters. The van der Waals surface area contributed by atoms with Gasteiger partial charge in [0.05, 0.1) is 57.9 Å². The maximum Gasteiger partial charge on any atom is 0.417 e. The van der Waals surface area contributed by atoms with Crippen LogP contribution >= 0.6 is 23.2 Å². The molecule has 2 N–H and O–H groups in total. The van der Waals surface area contributed by atoms with Gasteiger partial charge in [0.1, 0.15) is 0 Å². The summed E-state index contributed by atoms with van der Waals surface area (Å²) in [6, 6.07) is 25.6. The van der Waals surface area contributed by atoms with Crippen molar-refractivity contribution in [2.75, 3.05) is 36.4 Å². The number of benzene rings is 4. The third-order valence-corrected chi connectivity index (χ3v) is 13.4. The Kier molecular flexibility index (Phi) is 10.9. The molecule has 6 atom stereocenters. The third-order valence-electron chi connectivity index (χ3n) is 12.8. The van der Waals surface area contributed by atoms with Gasteiger partial charge in [-0.15, -0.1) is 0 Å². The molecule has 9 rings (SSSR count). The summed E-state index contributed by atoms with van der Waals surface area (Å²) in [6.45, 7) is 0. The summed E-state index contributed by atoms with van der Waals surface area (Å²) >= 11 is 12.7. The van der Waals surface area contributed by atoms with Crippen LogP contribution in [-0.4, -0.2) is 59.9 Å². The molecule has 18 heteroatoms. The fourth-order valence-electron chi connectivity index (χ4n) is 9.90. The monoisotopic (exact) mass is 923 g/mol. The number of phenols is 1. The number of phenolic OH excluding ortho intramolecular Hbond substituents is 1. The number of nitrogens with zero attached hydrogens (tertiary/aromatic N) is 6. The number of hydrogen-bond acceptors (Lipinski definition) is 11. The van der Waals surface area contributed by atoms with Crippen LogP contribution in [0.15, 0.2) is 125 Å². The van der Waals surface area contributed by atoms with Gasteiger partial charge in [-0.1, -0.05) is 53.1 Å². The van der Waals surface area contributed by atoms with Gasteiger partial charge in [0.15, 0.2) is 17.3 Å². The standard InChI is InChI=1S/C47H38Cl2F3N7O6/c1-57(2)30-13-9-28(10-14-30)54-55-29-11-15-31(16-12-29)58-42(61)33-18-17-32-34(39(33)44(58)63)22-35-43(62)59(56-41-36(49)21-26(23-53-41)47(50,51)52)45(64)46(35,25-5-7-27(48)8-6-25)40(32)24-4-19-38(65-3)37(60)20-24/h4-17,19-21,23,33-35,39-40,60H,18,22H2,1-3H3,(H,53,56)/t33-,34+,35-,39-,40-,46+/m0/s1. The van der Waals surface area contributed by atoms with Gasteiger partial charge < -0.3 is 14.7 Å². The highest BCUT2D eigenvalue weighted by atomic mass is 35.5. The van der Waals surface area contributed by atoms with Crippen LogP contribution in [0, 0.1) is 23.7 Å². The van der Waals surface area contributed by atoms with Crippen molar-refractivity contribution in [3.05, 3.63) is 142 Å². The van der Waals surface area contributed by atoms with Gasteiger partial charge in [-0.3, -0.25) is 29.5 Å². The number of fused-ring (bicyclic) bond motifs is 4. The summed E-state index contributed by atoms with van der Waals surface area (Å²) < 4.78 is 46.1. The molecule has 0 spiro atoms. The zero-order chi connectivity index (χ0) is 46.1. The summed E-state index contributed by atoms with van der Waals surface area (Å²) in [5.41, 5.74) is 3.45. The predicted octanol–water partition coefficient (Wildman–Crippen LogP) is 9.79. The summed E-state index contributed by atoms with van der Waals surface area (Å²) in [5, 5.41) is 20.4. The number of pyridine rings is 1. The molecule has 1 saturated carbocycles. The number of allylic oxidation sites excluding steroid dienone is 2. The Bertz CT molecular complexity index is 2820. The number of anilines is 3. The van der Waals surface area contributed by atoms with Crippen LogP contribution in [0.2, 0.25) is 10.0 Å². The number of methoxy groups -OCH3 is 1. The number of hydrazine groups is 1. The SMILES string of the molecule is COc1ccc([C@H]2C3=CC[C@@H]4C(=O)N(c5ccc(N=Nc6ccc(N(C)C)cc6)cc5)C(=O)[C@@H]4[C@@H]3C[C@H]3C(=O)N(Nc4ncc(C(F)(F)F)cc4Cl)C(=O)[C@@]23c2ccc(Cl)cc2)cc1O. The van der Waals surface area contributed by atoms with Crippen molar-refractivity contribution in [2.45, 2.75) is 30.4 Å². The van der Waals surface area contributed by atoms with Crippen LogP contribution in [0.3, 0.4) is 0 Å². The average Bonchev–Trinajstić information content (AvgIpc) is 3.66. The molecular formula is C47H38Cl2F3N7O6. The van der Waals surface area contributed by atoms with Crippen molar-refractivity contribution in [3.8, 4) is 11.5 Å². The van der Waals surface area contributed by atoms with E-state index in [-0.39, 0.29) is 30.2 Å². The quantitative estimate of drug-likeness (QED) is 0.0835. The minimum absolute atomic E-state index is 0.0904. The molecule has 2 aliphatic carbocycles. The summed E-state index contributed by atoms with van der Waals surface area (Å²) in [4.78, 5) is 66.5. The van der Waals surface area contributed by atoms with Crippen molar-refractivity contribution in [2.24, 2.45) is 33.9 Å². The van der Waals surface area contributed by atoms with E-state index in [1.54, 1.807) is 54.6 Å². The largest absolute Gasteiger partial charge is 0.504 e. The summed E-state index contributed by atoms with van der Waals surface area (Å²) in [6.07, 6.45) is -2.37. The Balaban J connectivity index is 1.11. The van der Waals surface area contributed by atoms with Crippen LogP contribution in [0.25, 0.3) is 0 Å². The van der Waals surface area contributed by atoms with Crippen LogP contribution in [0.1, 0.15) is 35.4 Å². The van der Waals surface area contributed by atoms with E-state index in [1.165, 1.54) is 19.2 Å². The van der Waals surface area contributed by atoms with E-state index in [0.717, 1.165) is 10.6 Å². The second kappa shape index (κ2) is 16.3. The van der Waals surface area contributed by atoms with Gasteiger partial charge in [0, 0.05) is 36.9 Å². The number of imide groups is 2. The van der Waals surface area contributed by atoms with E-state index in [9.17, 15) is 32.7 Å². The zero-order valence-electron chi connectivity index (χ0n) is 34.8. The van der Waals surface area contributed by atoms with Gasteiger partial charge in [0.25, 0.3) is 11.8 Å². The fourth-order valence-corrected chi connectivity index (χ4v) is 10.2. The molecule has 2 saturated heterocycles. The maximum atomic E-state index is 15.4. The second-order valence-electron chi connectivity index (χ2n) is 16.5. The minimum Gasteiger partial charge on any atom is -0.504 e. The Morgan fingerprint density at radius 1 is 0.862 bits per heavy atom.